The van der Waals surface area contributed by atoms with Gasteiger partial charge in [0.1, 0.15) is 0 Å². The summed E-state index contributed by atoms with van der Waals surface area (Å²) in [5, 5.41) is 8.88. The van der Waals surface area contributed by atoms with Crippen molar-refractivity contribution in [3.8, 4) is 5.88 Å². The summed E-state index contributed by atoms with van der Waals surface area (Å²) in [6, 6.07) is 3.53. The molecule has 0 spiro atoms. The number of nitrogens with zero attached hydrogens (tertiary/aromatic N) is 2. The normalized spacial score (nSPS) is 19.1. The highest BCUT2D eigenvalue weighted by Crippen LogP contribution is 2.20. The zero-order valence-corrected chi connectivity index (χ0v) is 10.00. The van der Waals surface area contributed by atoms with E-state index in [0.29, 0.717) is 12.4 Å². The molecule has 1 unspecified atom stereocenters. The summed E-state index contributed by atoms with van der Waals surface area (Å²) in [4.78, 5) is 28.0. The molecular weight excluding hydrogens is 236 g/mol. The summed E-state index contributed by atoms with van der Waals surface area (Å²) in [5.41, 5.74) is 0.857. The number of rotatable bonds is 4. The highest BCUT2D eigenvalue weighted by Gasteiger charge is 2.34. The van der Waals surface area contributed by atoms with Crippen molar-refractivity contribution in [1.82, 2.24) is 9.88 Å². The van der Waals surface area contributed by atoms with Gasteiger partial charge in [0.25, 0.3) is 0 Å². The lowest BCUT2D eigenvalue weighted by molar-refractivity contribution is -0.141. The number of methoxy groups -OCH3 is 1. The molecule has 2 rings (SSSR count). The number of pyridine rings is 1. The van der Waals surface area contributed by atoms with Crippen molar-refractivity contribution in [2.45, 2.75) is 13.0 Å². The number of likely N-dealkylation sites (tertiary alicyclic amines) is 1. The van der Waals surface area contributed by atoms with Gasteiger partial charge in [0.05, 0.1) is 13.0 Å². The van der Waals surface area contributed by atoms with Gasteiger partial charge in [0.2, 0.25) is 11.8 Å². The van der Waals surface area contributed by atoms with Crippen LogP contribution in [-0.2, 0) is 16.1 Å². The maximum Gasteiger partial charge on any atom is 0.308 e. The molecule has 1 aromatic heterocycles. The molecule has 1 amide bonds. The van der Waals surface area contributed by atoms with E-state index in [1.54, 1.807) is 17.2 Å². The van der Waals surface area contributed by atoms with Gasteiger partial charge in [-0.2, -0.15) is 0 Å². The number of carbonyl (C=O) groups excluding carboxylic acids is 1. The van der Waals surface area contributed by atoms with Gasteiger partial charge in [-0.1, -0.05) is 6.07 Å². The molecule has 0 aromatic carbocycles. The maximum atomic E-state index is 11.6. The average Bonchev–Trinajstić information content (AvgIpc) is 2.72. The fourth-order valence-electron chi connectivity index (χ4n) is 1.94. The zero-order valence-electron chi connectivity index (χ0n) is 10.00. The van der Waals surface area contributed by atoms with E-state index in [1.165, 1.54) is 7.11 Å². The molecule has 0 bridgehead atoms. The van der Waals surface area contributed by atoms with Crippen LogP contribution in [0.2, 0.25) is 0 Å². The summed E-state index contributed by atoms with van der Waals surface area (Å²) in [6.07, 6.45) is 1.71. The molecule has 1 N–H and O–H groups in total. The van der Waals surface area contributed by atoms with Crippen LogP contribution in [0.5, 0.6) is 5.88 Å². The Bertz CT molecular complexity index is 458. The summed E-state index contributed by atoms with van der Waals surface area (Å²) in [6.45, 7) is 0.653. The van der Waals surface area contributed by atoms with Crippen LogP contribution in [0.25, 0.3) is 0 Å². The van der Waals surface area contributed by atoms with Crippen molar-refractivity contribution in [2.75, 3.05) is 13.7 Å². The van der Waals surface area contributed by atoms with E-state index in [2.05, 4.69) is 4.98 Å². The van der Waals surface area contributed by atoms with Gasteiger partial charge in [-0.3, -0.25) is 9.59 Å². The summed E-state index contributed by atoms with van der Waals surface area (Å²) in [7, 11) is 1.53. The minimum Gasteiger partial charge on any atom is -0.481 e. The third-order valence-corrected chi connectivity index (χ3v) is 2.94. The maximum absolute atomic E-state index is 11.6. The number of amides is 1. The van der Waals surface area contributed by atoms with Gasteiger partial charge in [-0.25, -0.2) is 4.98 Å². The molecule has 6 nitrogen and oxygen atoms in total. The van der Waals surface area contributed by atoms with E-state index >= 15 is 0 Å². The van der Waals surface area contributed by atoms with Crippen LogP contribution in [0.3, 0.4) is 0 Å². The standard InChI is InChI=1S/C12H14N2O4/c1-18-10-3-2-8(5-13-10)6-14-7-9(12(16)17)4-11(14)15/h2-3,5,9H,4,6-7H2,1H3,(H,16,17). The van der Waals surface area contributed by atoms with Gasteiger partial charge in [0.15, 0.2) is 0 Å². The van der Waals surface area contributed by atoms with Crippen LogP contribution in [0.1, 0.15) is 12.0 Å². The number of ether oxygens (including phenoxy) is 1. The van der Waals surface area contributed by atoms with Crippen LogP contribution in [0, 0.1) is 5.92 Å². The second kappa shape index (κ2) is 5.03. The van der Waals surface area contributed by atoms with Crippen molar-refractivity contribution in [3.63, 3.8) is 0 Å². The van der Waals surface area contributed by atoms with Gasteiger partial charge in [-0.05, 0) is 5.56 Å². The van der Waals surface area contributed by atoms with Crippen LogP contribution < -0.4 is 4.74 Å². The topological polar surface area (TPSA) is 79.7 Å². The second-order valence-electron chi connectivity index (χ2n) is 4.22. The zero-order chi connectivity index (χ0) is 13.1. The fourth-order valence-corrected chi connectivity index (χ4v) is 1.94. The first kappa shape index (κ1) is 12.3. The number of aliphatic carboxylic acids is 1. The number of carboxylic acid groups (broad SMARTS) is 1. The minimum absolute atomic E-state index is 0.0823. The largest absolute Gasteiger partial charge is 0.481 e. The molecule has 0 saturated carbocycles. The SMILES string of the molecule is COc1ccc(CN2CC(C(=O)O)CC2=O)cn1. The van der Waals surface area contributed by atoms with E-state index in [4.69, 9.17) is 9.84 Å². The van der Waals surface area contributed by atoms with Gasteiger partial charge in [-0.15, -0.1) is 0 Å². The van der Waals surface area contributed by atoms with Crippen molar-refractivity contribution in [1.29, 1.82) is 0 Å². The summed E-state index contributed by atoms with van der Waals surface area (Å²) >= 11 is 0. The Labute approximate surface area is 104 Å². The molecule has 1 atom stereocenters. The van der Waals surface area contributed by atoms with Gasteiger partial charge >= 0.3 is 5.97 Å². The van der Waals surface area contributed by atoms with Crippen molar-refractivity contribution in [3.05, 3.63) is 23.9 Å². The van der Waals surface area contributed by atoms with E-state index in [1.807, 2.05) is 6.07 Å². The van der Waals surface area contributed by atoms with Crippen molar-refractivity contribution in [2.24, 2.45) is 5.92 Å². The molecule has 2 heterocycles. The Morgan fingerprint density at radius 3 is 2.89 bits per heavy atom. The van der Waals surface area contributed by atoms with Crippen molar-refractivity contribution >= 4 is 11.9 Å². The van der Waals surface area contributed by atoms with Gasteiger partial charge < -0.3 is 14.7 Å². The monoisotopic (exact) mass is 250 g/mol. The third kappa shape index (κ3) is 2.58. The number of hydrogen-bond donors (Lipinski definition) is 1. The summed E-state index contributed by atoms with van der Waals surface area (Å²) < 4.78 is 4.94. The first-order chi connectivity index (χ1) is 8.60. The molecule has 6 heteroatoms. The third-order valence-electron chi connectivity index (χ3n) is 2.94. The Hall–Kier alpha value is -2.11. The second-order valence-corrected chi connectivity index (χ2v) is 4.22. The Balaban J connectivity index is 2.01. The number of aromatic nitrogens is 1. The minimum atomic E-state index is -0.918. The van der Waals surface area contributed by atoms with E-state index < -0.39 is 11.9 Å². The molecular formula is C12H14N2O4. The molecule has 96 valence electrons. The highest BCUT2D eigenvalue weighted by atomic mass is 16.5. The molecule has 1 saturated heterocycles. The number of carbonyl (C=O) groups is 2. The lowest BCUT2D eigenvalue weighted by atomic mass is 10.1. The molecule has 1 aliphatic rings. The number of carboxylic acids is 1. The van der Waals surface area contributed by atoms with Crippen LogP contribution >= 0.6 is 0 Å². The molecule has 1 aliphatic heterocycles. The van der Waals surface area contributed by atoms with Crippen molar-refractivity contribution < 1.29 is 19.4 Å². The first-order valence-corrected chi connectivity index (χ1v) is 5.59. The van der Waals surface area contributed by atoms with Crippen LogP contribution in [0.15, 0.2) is 18.3 Å². The molecule has 18 heavy (non-hydrogen) atoms. The van der Waals surface area contributed by atoms with Crippen LogP contribution in [0.4, 0.5) is 0 Å². The van der Waals surface area contributed by atoms with Crippen LogP contribution in [-0.4, -0.2) is 40.5 Å². The fraction of sp³-hybridized carbons (Fsp3) is 0.417. The Kier molecular flexibility index (Phi) is 3.45. The van der Waals surface area contributed by atoms with E-state index in [9.17, 15) is 9.59 Å². The molecule has 1 aromatic rings. The lowest BCUT2D eigenvalue weighted by Gasteiger charge is -2.15. The lowest BCUT2D eigenvalue weighted by Crippen LogP contribution is -2.25. The first-order valence-electron chi connectivity index (χ1n) is 5.59. The molecule has 0 aliphatic carbocycles. The predicted octanol–water partition coefficient (Wildman–Crippen LogP) is 0.523. The van der Waals surface area contributed by atoms with E-state index in [0.717, 1.165) is 5.56 Å². The quantitative estimate of drug-likeness (QED) is 0.842. The molecule has 1 fully saturated rings. The Morgan fingerprint density at radius 2 is 2.39 bits per heavy atom. The molecule has 0 radical (unpaired) electrons. The number of hydrogen-bond acceptors (Lipinski definition) is 4. The predicted molar refractivity (Wildman–Crippen MR) is 61.9 cm³/mol. The summed E-state index contributed by atoms with van der Waals surface area (Å²) in [5.74, 6) is -1.13. The highest BCUT2D eigenvalue weighted by molar-refractivity contribution is 5.86. The average molecular weight is 250 g/mol. The van der Waals surface area contributed by atoms with Gasteiger partial charge in [0, 0.05) is 31.8 Å². The Morgan fingerprint density at radius 1 is 1.61 bits per heavy atom. The van der Waals surface area contributed by atoms with E-state index in [-0.39, 0.29) is 18.9 Å². The smallest absolute Gasteiger partial charge is 0.308 e.